The van der Waals surface area contributed by atoms with Crippen molar-refractivity contribution in [3.05, 3.63) is 28.3 Å². The van der Waals surface area contributed by atoms with Crippen molar-refractivity contribution in [1.29, 1.82) is 0 Å². The average molecular weight is 280 g/mol. The van der Waals surface area contributed by atoms with Crippen molar-refractivity contribution in [1.82, 2.24) is 0 Å². The monoisotopic (exact) mass is 280 g/mol. The van der Waals surface area contributed by atoms with Crippen molar-refractivity contribution in [3.8, 4) is 18.1 Å². The zero-order valence-corrected chi connectivity index (χ0v) is 11.5. The predicted molar refractivity (Wildman–Crippen MR) is 78.9 cm³/mol. The van der Waals surface area contributed by atoms with Gasteiger partial charge in [-0.3, -0.25) is 10.1 Å². The third-order valence-corrected chi connectivity index (χ3v) is 3.09. The zero-order valence-electron chi connectivity index (χ0n) is 10.7. The molecule has 0 aliphatic rings. The Balaban J connectivity index is 2.74. The molecule has 0 unspecified atom stereocenters. The normalized spacial score (nSPS) is 9.68. The van der Waals surface area contributed by atoms with Crippen molar-refractivity contribution >= 4 is 23.1 Å². The third kappa shape index (κ3) is 4.72. The molecular weight excluding hydrogens is 264 g/mol. The first kappa shape index (κ1) is 15.2. The summed E-state index contributed by atoms with van der Waals surface area (Å²) in [5.74, 6) is 4.25. The first-order chi connectivity index (χ1) is 9.20. The Labute approximate surface area is 116 Å². The molecule has 0 spiro atoms. The van der Waals surface area contributed by atoms with Crippen LogP contribution in [-0.4, -0.2) is 29.6 Å². The molecule has 0 radical (unpaired) electrons. The summed E-state index contributed by atoms with van der Waals surface area (Å²) < 4.78 is 5.27. The number of hydrogen-bond donors (Lipinski definition) is 1. The van der Waals surface area contributed by atoms with Crippen molar-refractivity contribution in [3.63, 3.8) is 0 Å². The molecule has 1 rings (SSSR count). The summed E-state index contributed by atoms with van der Waals surface area (Å²) in [5.41, 5.74) is 0.448. The van der Waals surface area contributed by atoms with Crippen LogP contribution >= 0.6 is 11.8 Å². The van der Waals surface area contributed by atoms with Crippen LogP contribution in [-0.2, 0) is 0 Å². The second-order valence-corrected chi connectivity index (χ2v) is 4.63. The number of nitrogens with zero attached hydrogens (tertiary/aromatic N) is 1. The second-order valence-electron chi connectivity index (χ2n) is 3.53. The second kappa shape index (κ2) is 8.27. The van der Waals surface area contributed by atoms with Crippen molar-refractivity contribution < 1.29 is 9.66 Å². The van der Waals surface area contributed by atoms with Crippen LogP contribution in [0.25, 0.3) is 0 Å². The minimum Gasteiger partial charge on any atom is -0.487 e. The van der Waals surface area contributed by atoms with Gasteiger partial charge in [0.15, 0.2) is 5.75 Å². The largest absolute Gasteiger partial charge is 0.487 e. The van der Waals surface area contributed by atoms with Crippen molar-refractivity contribution in [2.24, 2.45) is 0 Å². The SMILES string of the molecule is C#CCSCCNc1cccc(OCC)c1[N+](=O)[O-]. The van der Waals surface area contributed by atoms with Gasteiger partial charge in [0.2, 0.25) is 0 Å². The highest BCUT2D eigenvalue weighted by Crippen LogP contribution is 2.34. The number of hydrogen-bond acceptors (Lipinski definition) is 5. The van der Waals surface area contributed by atoms with Gasteiger partial charge in [-0.05, 0) is 19.1 Å². The van der Waals surface area contributed by atoms with Crippen LogP contribution < -0.4 is 10.1 Å². The van der Waals surface area contributed by atoms with Crippen LogP contribution in [0.5, 0.6) is 5.75 Å². The molecule has 1 N–H and O–H groups in total. The highest BCUT2D eigenvalue weighted by molar-refractivity contribution is 7.99. The van der Waals surface area contributed by atoms with E-state index in [4.69, 9.17) is 11.2 Å². The number of para-hydroxylation sites is 1. The van der Waals surface area contributed by atoms with Gasteiger partial charge in [-0.25, -0.2) is 0 Å². The number of benzene rings is 1. The van der Waals surface area contributed by atoms with E-state index in [0.717, 1.165) is 5.75 Å². The van der Waals surface area contributed by atoms with E-state index >= 15 is 0 Å². The first-order valence-electron chi connectivity index (χ1n) is 5.86. The van der Waals surface area contributed by atoms with E-state index in [2.05, 4.69) is 11.2 Å². The standard InChI is InChI=1S/C13H16N2O3S/c1-3-9-19-10-8-14-11-6-5-7-12(18-4-2)13(11)15(16)17/h1,5-7,14H,4,8-10H2,2H3. The maximum absolute atomic E-state index is 11.1. The highest BCUT2D eigenvalue weighted by Gasteiger charge is 2.20. The molecule has 0 atom stereocenters. The van der Waals surface area contributed by atoms with E-state index in [0.29, 0.717) is 24.6 Å². The third-order valence-electron chi connectivity index (χ3n) is 2.23. The molecule has 0 aliphatic heterocycles. The van der Waals surface area contributed by atoms with Gasteiger partial charge in [0.05, 0.1) is 17.3 Å². The Hall–Kier alpha value is -1.87. The number of anilines is 1. The van der Waals surface area contributed by atoms with Gasteiger partial charge < -0.3 is 10.1 Å². The van der Waals surface area contributed by atoms with Gasteiger partial charge >= 0.3 is 5.69 Å². The average Bonchev–Trinajstić information content (AvgIpc) is 2.38. The molecule has 1 aromatic rings. The fraction of sp³-hybridized carbons (Fsp3) is 0.385. The van der Waals surface area contributed by atoms with Crippen LogP contribution in [0.2, 0.25) is 0 Å². The maximum Gasteiger partial charge on any atom is 0.333 e. The van der Waals surface area contributed by atoms with Crippen LogP contribution in [0, 0.1) is 22.5 Å². The van der Waals surface area contributed by atoms with E-state index in [-0.39, 0.29) is 11.4 Å². The molecule has 0 saturated carbocycles. The minimum absolute atomic E-state index is 0.0219. The molecule has 0 fully saturated rings. The Bertz CT molecular complexity index is 471. The number of thioether (sulfide) groups is 1. The molecular formula is C13H16N2O3S. The number of nitrogens with one attached hydrogen (secondary N) is 1. The lowest BCUT2D eigenvalue weighted by molar-refractivity contribution is -0.384. The van der Waals surface area contributed by atoms with Gasteiger partial charge in [0.1, 0.15) is 5.69 Å². The lowest BCUT2D eigenvalue weighted by Crippen LogP contribution is -2.08. The van der Waals surface area contributed by atoms with Gasteiger partial charge in [-0.15, -0.1) is 18.2 Å². The van der Waals surface area contributed by atoms with E-state index < -0.39 is 4.92 Å². The summed E-state index contributed by atoms with van der Waals surface area (Å²) in [6.45, 7) is 2.80. The number of nitro groups is 1. The summed E-state index contributed by atoms with van der Waals surface area (Å²) in [6, 6.07) is 5.00. The fourth-order valence-electron chi connectivity index (χ4n) is 1.51. The molecule has 5 nitrogen and oxygen atoms in total. The predicted octanol–water partition coefficient (Wildman–Crippen LogP) is 2.77. The van der Waals surface area contributed by atoms with Crippen LogP contribution in [0.1, 0.15) is 6.92 Å². The summed E-state index contributed by atoms with van der Waals surface area (Å²) in [6.07, 6.45) is 5.14. The summed E-state index contributed by atoms with van der Waals surface area (Å²) in [5, 5.41) is 14.1. The van der Waals surface area contributed by atoms with Crippen molar-refractivity contribution in [2.75, 3.05) is 30.0 Å². The fourth-order valence-corrected chi connectivity index (χ4v) is 2.02. The molecule has 0 bridgehead atoms. The summed E-state index contributed by atoms with van der Waals surface area (Å²) >= 11 is 1.60. The minimum atomic E-state index is -0.429. The molecule has 102 valence electrons. The lowest BCUT2D eigenvalue weighted by Gasteiger charge is -2.10. The Morgan fingerprint density at radius 2 is 2.37 bits per heavy atom. The number of rotatable bonds is 8. The maximum atomic E-state index is 11.1. The topological polar surface area (TPSA) is 64.4 Å². The van der Waals surface area contributed by atoms with E-state index in [1.807, 2.05) is 0 Å². The Kier molecular flexibility index (Phi) is 6.61. The lowest BCUT2D eigenvalue weighted by atomic mass is 10.2. The molecule has 6 heteroatoms. The van der Waals surface area contributed by atoms with Crippen LogP contribution in [0.3, 0.4) is 0 Å². The quantitative estimate of drug-likeness (QED) is 0.343. The van der Waals surface area contributed by atoms with E-state index in [1.165, 1.54) is 0 Å². The smallest absolute Gasteiger partial charge is 0.333 e. The number of nitro benzene ring substituents is 1. The van der Waals surface area contributed by atoms with Gasteiger partial charge in [-0.2, -0.15) is 0 Å². The van der Waals surface area contributed by atoms with Crippen LogP contribution in [0.4, 0.5) is 11.4 Å². The van der Waals surface area contributed by atoms with Crippen molar-refractivity contribution in [2.45, 2.75) is 6.92 Å². The Morgan fingerprint density at radius 3 is 3.00 bits per heavy atom. The zero-order chi connectivity index (χ0) is 14.1. The molecule has 19 heavy (non-hydrogen) atoms. The Morgan fingerprint density at radius 1 is 1.58 bits per heavy atom. The van der Waals surface area contributed by atoms with Gasteiger partial charge in [0, 0.05) is 12.3 Å². The van der Waals surface area contributed by atoms with E-state index in [9.17, 15) is 10.1 Å². The molecule has 1 aromatic carbocycles. The number of terminal acetylenes is 1. The molecule has 0 amide bonds. The van der Waals surface area contributed by atoms with E-state index in [1.54, 1.807) is 36.9 Å². The molecule has 0 saturated heterocycles. The van der Waals surface area contributed by atoms with Gasteiger partial charge in [0.25, 0.3) is 0 Å². The van der Waals surface area contributed by atoms with Crippen LogP contribution in [0.15, 0.2) is 18.2 Å². The number of ether oxygens (including phenoxy) is 1. The first-order valence-corrected chi connectivity index (χ1v) is 7.01. The van der Waals surface area contributed by atoms with Gasteiger partial charge in [-0.1, -0.05) is 12.0 Å². The molecule has 0 heterocycles. The molecule has 0 aromatic heterocycles. The molecule has 0 aliphatic carbocycles. The highest BCUT2D eigenvalue weighted by atomic mass is 32.2. The summed E-state index contributed by atoms with van der Waals surface area (Å²) in [7, 11) is 0. The summed E-state index contributed by atoms with van der Waals surface area (Å²) in [4.78, 5) is 10.7.